The van der Waals surface area contributed by atoms with Crippen molar-refractivity contribution in [3.8, 4) is 5.75 Å². The van der Waals surface area contributed by atoms with E-state index < -0.39 is 30.8 Å². The molecule has 1 atom stereocenters. The van der Waals surface area contributed by atoms with E-state index in [1.165, 1.54) is 29.2 Å². The number of methoxy groups -OCH3 is 1. The molecule has 8 heteroatoms. The van der Waals surface area contributed by atoms with Crippen LogP contribution in [0, 0.1) is 0 Å². The Hall–Kier alpha value is -3.07. The molecule has 1 heterocycles. The van der Waals surface area contributed by atoms with Crippen LogP contribution in [0.3, 0.4) is 0 Å². The van der Waals surface area contributed by atoms with Crippen LogP contribution >= 0.6 is 0 Å². The number of carbonyl (C=O) groups excluding carboxylic acids is 2. The summed E-state index contributed by atoms with van der Waals surface area (Å²) in [6, 6.07) is 15.7. The van der Waals surface area contributed by atoms with Gasteiger partial charge in [-0.3, -0.25) is 4.79 Å². The van der Waals surface area contributed by atoms with Gasteiger partial charge in [0.05, 0.1) is 7.11 Å². The average Bonchev–Trinajstić information content (AvgIpc) is 3.61. The molecule has 0 aliphatic heterocycles. The average molecular weight is 523 g/mol. The van der Waals surface area contributed by atoms with Gasteiger partial charge in [0, 0.05) is 0 Å². The van der Waals surface area contributed by atoms with Crippen molar-refractivity contribution in [3.63, 3.8) is 0 Å². The Labute approximate surface area is 201 Å². The fourth-order valence-electron chi connectivity index (χ4n) is 4.48. The van der Waals surface area contributed by atoms with Crippen molar-refractivity contribution in [3.05, 3.63) is 81.8 Å². The standard InChI is InChI=1S/C26H30GeN2O5/c1-27(2,20-11-12-20)19-9-5-17(6-10-19)15-22(30)25(18-7-13-21(33-4)14-8-18)29(3)26(32)23-16-24(31)28-34-23/h5-10,13-14,16,20,25H,11-12,15H2,1-4H3,(H,28,31). The van der Waals surface area contributed by atoms with Crippen molar-refractivity contribution >= 4 is 29.4 Å². The molecule has 3 aromatic rings. The van der Waals surface area contributed by atoms with Crippen LogP contribution in [0.2, 0.25) is 16.3 Å². The molecular formula is C26H30GeN2O5. The van der Waals surface area contributed by atoms with Gasteiger partial charge in [0.25, 0.3) is 0 Å². The zero-order valence-corrected chi connectivity index (χ0v) is 22.1. The first-order chi connectivity index (χ1) is 16.2. The van der Waals surface area contributed by atoms with Crippen molar-refractivity contribution in [2.45, 2.75) is 41.6 Å². The molecule has 1 aliphatic carbocycles. The number of benzene rings is 2. The second-order valence-electron chi connectivity index (χ2n) is 9.50. The van der Waals surface area contributed by atoms with E-state index in [1.54, 1.807) is 31.4 Å². The molecule has 1 fully saturated rings. The van der Waals surface area contributed by atoms with Gasteiger partial charge in [0.15, 0.2) is 0 Å². The fraction of sp³-hybridized carbons (Fsp3) is 0.346. The molecular weight excluding hydrogens is 493 g/mol. The number of rotatable bonds is 9. The Morgan fingerprint density at radius 3 is 2.29 bits per heavy atom. The number of hydrogen-bond acceptors (Lipinski definition) is 5. The molecule has 0 saturated heterocycles. The molecule has 0 radical (unpaired) electrons. The molecule has 1 aliphatic rings. The number of H-pyrrole nitrogens is 1. The molecule has 7 nitrogen and oxygen atoms in total. The van der Waals surface area contributed by atoms with Gasteiger partial charge in [-0.25, -0.2) is 0 Å². The van der Waals surface area contributed by atoms with Crippen molar-refractivity contribution in [2.24, 2.45) is 0 Å². The number of Topliss-reactive ketones (excluding diaryl/α,β-unsaturated/α-hetero) is 1. The number of likely N-dealkylation sites (N-methyl/N-ethyl adjacent to an activating group) is 1. The van der Waals surface area contributed by atoms with Gasteiger partial charge in [-0.1, -0.05) is 0 Å². The Morgan fingerprint density at radius 2 is 1.76 bits per heavy atom. The van der Waals surface area contributed by atoms with Gasteiger partial charge in [0.1, 0.15) is 0 Å². The predicted octanol–water partition coefficient (Wildman–Crippen LogP) is 3.68. The van der Waals surface area contributed by atoms with Gasteiger partial charge >= 0.3 is 190 Å². The van der Waals surface area contributed by atoms with E-state index in [-0.39, 0.29) is 18.0 Å². The number of ether oxygens (including phenoxy) is 1. The van der Waals surface area contributed by atoms with Crippen LogP contribution in [0.25, 0.3) is 0 Å². The summed E-state index contributed by atoms with van der Waals surface area (Å²) in [6.07, 6.45) is 2.87. The van der Waals surface area contributed by atoms with Gasteiger partial charge in [-0.2, -0.15) is 0 Å². The van der Waals surface area contributed by atoms with Gasteiger partial charge in [-0.15, -0.1) is 0 Å². The first-order valence-corrected chi connectivity index (χ1v) is 17.9. The SMILES string of the molecule is COc1ccc(C(C(=O)Cc2cc[c]([Ge]([CH3])([CH3])[CH]3CC3)cc2)N(C)C(=O)c2cc(=O)[nH]o2)cc1. The normalized spacial score (nSPS) is 14.5. The zero-order chi connectivity index (χ0) is 24.5. The molecule has 4 rings (SSSR count). The van der Waals surface area contributed by atoms with Crippen LogP contribution < -0.4 is 14.7 Å². The topological polar surface area (TPSA) is 92.6 Å². The fourth-order valence-corrected chi connectivity index (χ4v) is 11.0. The zero-order valence-electron chi connectivity index (χ0n) is 20.0. The van der Waals surface area contributed by atoms with E-state index in [4.69, 9.17) is 9.26 Å². The summed E-state index contributed by atoms with van der Waals surface area (Å²) in [7, 11) is 3.11. The minimum absolute atomic E-state index is 0.130. The van der Waals surface area contributed by atoms with Crippen LogP contribution in [-0.2, 0) is 11.2 Å². The third-order valence-corrected chi connectivity index (χ3v) is 16.2. The number of nitrogens with zero attached hydrogens (tertiary/aromatic N) is 1. The van der Waals surface area contributed by atoms with Crippen LogP contribution in [0.4, 0.5) is 0 Å². The molecule has 1 N–H and O–H groups in total. The maximum absolute atomic E-state index is 13.5. The maximum atomic E-state index is 13.5. The molecule has 1 amide bonds. The number of amides is 1. The Morgan fingerprint density at radius 1 is 1.12 bits per heavy atom. The molecule has 1 aromatic heterocycles. The van der Waals surface area contributed by atoms with Crippen molar-refractivity contribution in [2.75, 3.05) is 14.2 Å². The van der Waals surface area contributed by atoms with Crippen molar-refractivity contribution in [1.82, 2.24) is 10.1 Å². The quantitative estimate of drug-likeness (QED) is 0.433. The molecule has 2 aromatic carbocycles. The van der Waals surface area contributed by atoms with Crippen LogP contribution in [0.5, 0.6) is 5.75 Å². The summed E-state index contributed by atoms with van der Waals surface area (Å²) in [5.74, 6) is 4.74. The second-order valence-corrected chi connectivity index (χ2v) is 19.7. The summed E-state index contributed by atoms with van der Waals surface area (Å²) >= 11 is -2.00. The van der Waals surface area contributed by atoms with Crippen LogP contribution in [0.15, 0.2) is 63.9 Å². The Bertz CT molecular complexity index is 1220. The van der Waals surface area contributed by atoms with Crippen LogP contribution in [0.1, 0.15) is 40.6 Å². The van der Waals surface area contributed by atoms with Crippen molar-refractivity contribution < 1.29 is 18.8 Å². The Balaban J connectivity index is 1.59. The number of aromatic nitrogens is 1. The van der Waals surface area contributed by atoms with E-state index >= 15 is 0 Å². The summed E-state index contributed by atoms with van der Waals surface area (Å²) in [5.41, 5.74) is 1.05. The van der Waals surface area contributed by atoms with E-state index in [2.05, 4.69) is 28.8 Å². The number of nitrogens with one attached hydrogen (secondary N) is 1. The monoisotopic (exact) mass is 524 g/mol. The first kappa shape index (κ1) is 24.1. The first-order valence-electron chi connectivity index (χ1n) is 11.4. The van der Waals surface area contributed by atoms with E-state index in [0.29, 0.717) is 11.3 Å². The molecule has 1 saturated carbocycles. The molecule has 0 bridgehead atoms. The van der Waals surface area contributed by atoms with Gasteiger partial charge in [0.2, 0.25) is 0 Å². The molecule has 178 valence electrons. The second kappa shape index (κ2) is 9.66. The number of hydrogen-bond donors (Lipinski definition) is 1. The molecule has 1 unspecified atom stereocenters. The van der Waals surface area contributed by atoms with Crippen molar-refractivity contribution in [1.29, 1.82) is 0 Å². The minimum atomic E-state index is -2.00. The van der Waals surface area contributed by atoms with Crippen LogP contribution in [-0.4, -0.2) is 49.2 Å². The molecule has 0 spiro atoms. The third-order valence-electron chi connectivity index (χ3n) is 6.85. The summed E-state index contributed by atoms with van der Waals surface area (Å²) < 4.78 is 12.6. The van der Waals surface area contributed by atoms with Gasteiger partial charge in [-0.05, 0) is 0 Å². The number of aromatic amines is 1. The van der Waals surface area contributed by atoms with Gasteiger partial charge < -0.3 is 0 Å². The van der Waals surface area contributed by atoms with E-state index in [0.717, 1.165) is 16.4 Å². The predicted molar refractivity (Wildman–Crippen MR) is 132 cm³/mol. The summed E-state index contributed by atoms with van der Waals surface area (Å²) in [6.45, 7) is 0. The summed E-state index contributed by atoms with van der Waals surface area (Å²) in [4.78, 5) is 39.3. The third kappa shape index (κ3) is 5.04. The molecule has 34 heavy (non-hydrogen) atoms. The summed E-state index contributed by atoms with van der Waals surface area (Å²) in [5, 5.41) is 2.12. The number of ketones is 1. The Kier molecular flexibility index (Phi) is 6.84. The number of carbonyl (C=O) groups is 2. The van der Waals surface area contributed by atoms with E-state index in [9.17, 15) is 14.4 Å². The van der Waals surface area contributed by atoms with E-state index in [1.807, 2.05) is 12.1 Å².